The highest BCUT2D eigenvalue weighted by Crippen LogP contribution is 2.52. The van der Waals surface area contributed by atoms with Crippen LogP contribution in [-0.2, 0) is 4.74 Å². The molecule has 1 fully saturated rings. The van der Waals surface area contributed by atoms with Gasteiger partial charge in [-0.2, -0.15) is 26.3 Å². The highest BCUT2D eigenvalue weighted by molar-refractivity contribution is 5.06. The van der Waals surface area contributed by atoms with Gasteiger partial charge in [0.1, 0.15) is 6.10 Å². The van der Waals surface area contributed by atoms with Crippen LogP contribution in [0.1, 0.15) is 6.92 Å². The quantitative estimate of drug-likeness (QED) is 0.559. The van der Waals surface area contributed by atoms with Crippen molar-refractivity contribution in [1.29, 1.82) is 0 Å². The Morgan fingerprint density at radius 3 is 1.56 bits per heavy atom. The molecule has 0 radical (unpaired) electrons. The first kappa shape index (κ1) is 15.4. The molecule has 0 aromatic heterocycles. The molecule has 1 saturated heterocycles. The topological polar surface area (TPSA) is 12.5 Å². The molecule has 1 heterocycles. The lowest BCUT2D eigenvalue weighted by Gasteiger charge is -2.33. The summed E-state index contributed by atoms with van der Waals surface area (Å²) in [4.78, 5) is 0. The number of epoxide rings is 1. The standard InChI is InChI=1S/C8H7F9O/c1-2-3(18-2)4(9)6(12,13)8(16,17)7(14,15)5(10)11/h2-5H,1H3. The molecule has 0 amide bonds. The molecule has 3 unspecified atom stereocenters. The molecule has 0 bridgehead atoms. The fourth-order valence-electron chi connectivity index (χ4n) is 1.25. The van der Waals surface area contributed by atoms with Crippen molar-refractivity contribution in [2.24, 2.45) is 0 Å². The van der Waals surface area contributed by atoms with E-state index in [1.807, 2.05) is 0 Å². The van der Waals surface area contributed by atoms with E-state index in [9.17, 15) is 39.5 Å². The first-order valence-corrected chi connectivity index (χ1v) is 4.58. The van der Waals surface area contributed by atoms with Gasteiger partial charge in [0.15, 0.2) is 6.17 Å². The number of hydrogen-bond acceptors (Lipinski definition) is 1. The number of ether oxygens (including phenoxy) is 1. The zero-order valence-corrected chi connectivity index (χ0v) is 8.62. The first-order valence-electron chi connectivity index (χ1n) is 4.58. The Hall–Kier alpha value is -0.670. The first-order chi connectivity index (χ1) is 7.87. The van der Waals surface area contributed by atoms with E-state index >= 15 is 0 Å². The summed E-state index contributed by atoms with van der Waals surface area (Å²) >= 11 is 0. The summed E-state index contributed by atoms with van der Waals surface area (Å²) in [5.74, 6) is -18.8. The normalized spacial score (nSPS) is 27.5. The molecular formula is C8H7F9O. The Kier molecular flexibility index (Phi) is 3.57. The van der Waals surface area contributed by atoms with E-state index in [1.54, 1.807) is 0 Å². The van der Waals surface area contributed by atoms with E-state index in [4.69, 9.17) is 0 Å². The van der Waals surface area contributed by atoms with Gasteiger partial charge in [-0.1, -0.05) is 0 Å². The van der Waals surface area contributed by atoms with Crippen molar-refractivity contribution in [1.82, 2.24) is 0 Å². The summed E-state index contributed by atoms with van der Waals surface area (Å²) in [5.41, 5.74) is 0. The largest absolute Gasteiger partial charge is 0.380 e. The fourth-order valence-corrected chi connectivity index (χ4v) is 1.25. The minimum atomic E-state index is -6.53. The van der Waals surface area contributed by atoms with Crippen LogP contribution in [-0.4, -0.2) is 42.6 Å². The molecule has 1 aliphatic rings. The molecule has 1 rings (SSSR count). The highest BCUT2D eigenvalue weighted by atomic mass is 19.4. The van der Waals surface area contributed by atoms with Crippen LogP contribution in [0.3, 0.4) is 0 Å². The van der Waals surface area contributed by atoms with Gasteiger partial charge >= 0.3 is 24.2 Å². The Morgan fingerprint density at radius 1 is 0.889 bits per heavy atom. The molecule has 3 atom stereocenters. The fraction of sp³-hybridized carbons (Fsp3) is 1.00. The van der Waals surface area contributed by atoms with E-state index in [-0.39, 0.29) is 0 Å². The van der Waals surface area contributed by atoms with Crippen molar-refractivity contribution in [2.45, 2.75) is 49.5 Å². The Balaban J connectivity index is 3.01. The summed E-state index contributed by atoms with van der Waals surface area (Å²) in [7, 11) is 0. The van der Waals surface area contributed by atoms with Crippen LogP contribution in [0.4, 0.5) is 39.5 Å². The smallest absolute Gasteiger partial charge is 0.366 e. The molecule has 108 valence electrons. The maximum Gasteiger partial charge on any atom is 0.380 e. The SMILES string of the molecule is CC1OC1C(F)C(F)(F)C(F)(F)C(F)(F)C(F)F. The van der Waals surface area contributed by atoms with Crippen LogP contribution >= 0.6 is 0 Å². The van der Waals surface area contributed by atoms with Gasteiger partial charge in [0.2, 0.25) is 0 Å². The third kappa shape index (κ3) is 2.04. The predicted octanol–water partition coefficient (Wildman–Crippen LogP) is 3.28. The van der Waals surface area contributed by atoms with Gasteiger partial charge in [-0.3, -0.25) is 0 Å². The maximum atomic E-state index is 13.0. The number of rotatable bonds is 5. The van der Waals surface area contributed by atoms with E-state index in [0.717, 1.165) is 6.92 Å². The summed E-state index contributed by atoms with van der Waals surface area (Å²) in [6.07, 6.45) is -12.0. The van der Waals surface area contributed by atoms with Gasteiger partial charge in [-0.25, -0.2) is 13.2 Å². The second-order valence-electron chi connectivity index (χ2n) is 3.83. The van der Waals surface area contributed by atoms with Crippen molar-refractivity contribution in [2.75, 3.05) is 0 Å². The molecule has 0 N–H and O–H groups in total. The molecule has 0 saturated carbocycles. The number of hydrogen-bond donors (Lipinski definition) is 0. The van der Waals surface area contributed by atoms with E-state index < -0.39 is 42.6 Å². The molecule has 18 heavy (non-hydrogen) atoms. The lowest BCUT2D eigenvalue weighted by atomic mass is 9.98. The number of halogens is 9. The molecule has 10 heteroatoms. The summed E-state index contributed by atoms with van der Waals surface area (Å²) in [5, 5.41) is 0. The van der Waals surface area contributed by atoms with Gasteiger partial charge in [0.25, 0.3) is 0 Å². The highest BCUT2D eigenvalue weighted by Gasteiger charge is 2.79. The average Bonchev–Trinajstić information content (AvgIpc) is 2.93. The van der Waals surface area contributed by atoms with E-state index in [0.29, 0.717) is 0 Å². The van der Waals surface area contributed by atoms with Crippen molar-refractivity contribution >= 4 is 0 Å². The Morgan fingerprint density at radius 2 is 1.28 bits per heavy atom. The van der Waals surface area contributed by atoms with Crippen molar-refractivity contribution in [3.8, 4) is 0 Å². The van der Waals surface area contributed by atoms with Crippen LogP contribution in [0.5, 0.6) is 0 Å². The van der Waals surface area contributed by atoms with Crippen LogP contribution in [0.2, 0.25) is 0 Å². The van der Waals surface area contributed by atoms with Crippen LogP contribution < -0.4 is 0 Å². The molecule has 0 aromatic carbocycles. The van der Waals surface area contributed by atoms with Crippen LogP contribution in [0.25, 0.3) is 0 Å². The third-order valence-corrected chi connectivity index (χ3v) is 2.50. The van der Waals surface area contributed by atoms with Crippen molar-refractivity contribution < 1.29 is 44.3 Å². The molecule has 0 aliphatic carbocycles. The second-order valence-corrected chi connectivity index (χ2v) is 3.83. The summed E-state index contributed by atoms with van der Waals surface area (Å²) in [6.45, 7) is 1.04. The lowest BCUT2D eigenvalue weighted by molar-refractivity contribution is -0.351. The van der Waals surface area contributed by atoms with Gasteiger partial charge in [-0.15, -0.1) is 0 Å². The Bertz CT molecular complexity index is 316. The maximum absolute atomic E-state index is 13.0. The third-order valence-electron chi connectivity index (χ3n) is 2.50. The van der Waals surface area contributed by atoms with Crippen molar-refractivity contribution in [3.63, 3.8) is 0 Å². The van der Waals surface area contributed by atoms with Crippen LogP contribution in [0.15, 0.2) is 0 Å². The zero-order valence-electron chi connectivity index (χ0n) is 8.62. The van der Waals surface area contributed by atoms with Gasteiger partial charge in [0, 0.05) is 0 Å². The molecular weight excluding hydrogens is 283 g/mol. The summed E-state index contributed by atoms with van der Waals surface area (Å²) < 4.78 is 116. The zero-order chi connectivity index (χ0) is 14.5. The predicted molar refractivity (Wildman–Crippen MR) is 40.1 cm³/mol. The number of alkyl halides is 9. The minimum Gasteiger partial charge on any atom is -0.366 e. The molecule has 0 spiro atoms. The summed E-state index contributed by atoms with van der Waals surface area (Å²) in [6, 6.07) is 0. The average molecular weight is 290 g/mol. The van der Waals surface area contributed by atoms with Gasteiger partial charge < -0.3 is 4.74 Å². The molecule has 1 aliphatic heterocycles. The van der Waals surface area contributed by atoms with Gasteiger partial charge in [0.05, 0.1) is 6.10 Å². The Labute approximate surface area is 94.9 Å². The minimum absolute atomic E-state index is 1.04. The van der Waals surface area contributed by atoms with E-state index in [1.165, 1.54) is 0 Å². The monoisotopic (exact) mass is 290 g/mol. The second kappa shape index (κ2) is 4.17. The molecule has 1 nitrogen and oxygen atoms in total. The van der Waals surface area contributed by atoms with Crippen molar-refractivity contribution in [3.05, 3.63) is 0 Å². The lowest BCUT2D eigenvalue weighted by Crippen LogP contribution is -2.62. The van der Waals surface area contributed by atoms with Gasteiger partial charge in [-0.05, 0) is 6.92 Å². The van der Waals surface area contributed by atoms with E-state index in [2.05, 4.69) is 4.74 Å². The molecule has 0 aromatic rings. The van der Waals surface area contributed by atoms with Crippen LogP contribution in [0, 0.1) is 0 Å².